The monoisotopic (exact) mass is 208 g/mol. The molecule has 0 spiro atoms. The third-order valence-electron chi connectivity index (χ3n) is 2.23. The Labute approximate surface area is 90.3 Å². The minimum atomic E-state index is -0.394. The Morgan fingerprint density at radius 2 is 2.00 bits per heavy atom. The van der Waals surface area contributed by atoms with E-state index in [-0.39, 0.29) is 5.82 Å². The summed E-state index contributed by atoms with van der Waals surface area (Å²) >= 11 is 0. The Morgan fingerprint density at radius 3 is 2.60 bits per heavy atom. The lowest BCUT2D eigenvalue weighted by Crippen LogP contribution is -2.00. The average Bonchev–Trinajstić information content (AvgIpc) is 2.25. The van der Waals surface area contributed by atoms with E-state index >= 15 is 0 Å². The van der Waals surface area contributed by atoms with E-state index < -0.39 is 6.10 Å². The van der Waals surface area contributed by atoms with E-state index in [1.165, 1.54) is 12.1 Å². The molecule has 1 rings (SSSR count). The standard InChI is InChI=1S/C13H17FO/c1-2-3-4-13(15)10-7-11-5-8-12(14)9-6-11/h5-10,13,15H,2-4H2,1H3/b10-7+/t13-/m0/s1. The molecule has 0 radical (unpaired) electrons. The predicted octanol–water partition coefficient (Wildman–Crippen LogP) is 3.39. The van der Waals surface area contributed by atoms with Crippen LogP contribution in [0, 0.1) is 5.82 Å². The molecule has 2 heteroatoms. The second-order valence-corrected chi connectivity index (χ2v) is 3.62. The van der Waals surface area contributed by atoms with Crippen molar-refractivity contribution in [2.24, 2.45) is 0 Å². The zero-order valence-electron chi connectivity index (χ0n) is 8.99. The summed E-state index contributed by atoms with van der Waals surface area (Å²) < 4.78 is 12.6. The Hall–Kier alpha value is -1.15. The van der Waals surface area contributed by atoms with Gasteiger partial charge in [-0.15, -0.1) is 0 Å². The summed E-state index contributed by atoms with van der Waals surface area (Å²) in [5.74, 6) is -0.237. The van der Waals surface area contributed by atoms with Crippen molar-refractivity contribution in [2.75, 3.05) is 0 Å². The lowest BCUT2D eigenvalue weighted by atomic mass is 10.1. The number of rotatable bonds is 5. The fraction of sp³-hybridized carbons (Fsp3) is 0.385. The quantitative estimate of drug-likeness (QED) is 0.786. The van der Waals surface area contributed by atoms with Gasteiger partial charge in [0.1, 0.15) is 5.82 Å². The Balaban J connectivity index is 2.46. The lowest BCUT2D eigenvalue weighted by molar-refractivity contribution is 0.210. The number of hydrogen-bond acceptors (Lipinski definition) is 1. The van der Waals surface area contributed by atoms with Crippen LogP contribution in [0.5, 0.6) is 0 Å². The Kier molecular flexibility index (Phi) is 5.05. The molecule has 0 unspecified atom stereocenters. The smallest absolute Gasteiger partial charge is 0.123 e. The zero-order chi connectivity index (χ0) is 11.1. The van der Waals surface area contributed by atoms with Crippen molar-refractivity contribution in [1.82, 2.24) is 0 Å². The fourth-order valence-corrected chi connectivity index (χ4v) is 1.31. The van der Waals surface area contributed by atoms with Gasteiger partial charge < -0.3 is 5.11 Å². The molecule has 1 atom stereocenters. The zero-order valence-corrected chi connectivity index (χ0v) is 8.99. The van der Waals surface area contributed by atoms with Crippen molar-refractivity contribution in [1.29, 1.82) is 0 Å². The van der Waals surface area contributed by atoms with E-state index in [2.05, 4.69) is 6.92 Å². The SMILES string of the molecule is CCCC[C@H](O)/C=C/c1ccc(F)cc1. The molecule has 1 aromatic rings. The minimum Gasteiger partial charge on any atom is -0.389 e. The van der Waals surface area contributed by atoms with Gasteiger partial charge in [-0.05, 0) is 24.1 Å². The molecule has 0 aliphatic heterocycles. The molecular formula is C13H17FO. The molecule has 82 valence electrons. The molecular weight excluding hydrogens is 191 g/mol. The number of unbranched alkanes of at least 4 members (excludes halogenated alkanes) is 1. The summed E-state index contributed by atoms with van der Waals surface area (Å²) in [4.78, 5) is 0. The van der Waals surface area contributed by atoms with Gasteiger partial charge in [-0.1, -0.05) is 44.1 Å². The normalized spacial score (nSPS) is 13.3. The van der Waals surface area contributed by atoms with Gasteiger partial charge in [0, 0.05) is 0 Å². The molecule has 0 bridgehead atoms. The van der Waals surface area contributed by atoms with Crippen molar-refractivity contribution in [3.8, 4) is 0 Å². The van der Waals surface area contributed by atoms with Crippen LogP contribution in [0.1, 0.15) is 31.7 Å². The molecule has 1 N–H and O–H groups in total. The minimum absolute atomic E-state index is 0.237. The molecule has 0 aliphatic rings. The molecule has 15 heavy (non-hydrogen) atoms. The number of halogens is 1. The molecule has 0 saturated heterocycles. The van der Waals surface area contributed by atoms with Crippen molar-refractivity contribution >= 4 is 6.08 Å². The highest BCUT2D eigenvalue weighted by Gasteiger charge is 1.97. The van der Waals surface area contributed by atoms with Gasteiger partial charge in [0.2, 0.25) is 0 Å². The summed E-state index contributed by atoms with van der Waals surface area (Å²) in [6.07, 6.45) is 6.07. The van der Waals surface area contributed by atoms with Crippen molar-refractivity contribution in [3.63, 3.8) is 0 Å². The van der Waals surface area contributed by atoms with Crippen LogP contribution in [-0.2, 0) is 0 Å². The molecule has 0 fully saturated rings. The number of aliphatic hydroxyl groups excluding tert-OH is 1. The van der Waals surface area contributed by atoms with Crippen LogP contribution < -0.4 is 0 Å². The average molecular weight is 208 g/mol. The van der Waals surface area contributed by atoms with Crippen LogP contribution in [0.3, 0.4) is 0 Å². The van der Waals surface area contributed by atoms with E-state index in [1.807, 2.05) is 6.08 Å². The van der Waals surface area contributed by atoms with Crippen LogP contribution >= 0.6 is 0 Å². The van der Waals surface area contributed by atoms with Crippen molar-refractivity contribution in [3.05, 3.63) is 41.7 Å². The van der Waals surface area contributed by atoms with Crippen molar-refractivity contribution < 1.29 is 9.50 Å². The van der Waals surface area contributed by atoms with Gasteiger partial charge in [0.25, 0.3) is 0 Å². The van der Waals surface area contributed by atoms with Crippen LogP contribution in [0.25, 0.3) is 6.08 Å². The van der Waals surface area contributed by atoms with E-state index in [0.717, 1.165) is 24.8 Å². The van der Waals surface area contributed by atoms with Crippen molar-refractivity contribution in [2.45, 2.75) is 32.3 Å². The van der Waals surface area contributed by atoms with Gasteiger partial charge in [-0.25, -0.2) is 4.39 Å². The highest BCUT2D eigenvalue weighted by atomic mass is 19.1. The lowest BCUT2D eigenvalue weighted by Gasteiger charge is -2.03. The second kappa shape index (κ2) is 6.36. The second-order valence-electron chi connectivity index (χ2n) is 3.62. The largest absolute Gasteiger partial charge is 0.389 e. The van der Waals surface area contributed by atoms with E-state index in [9.17, 15) is 9.50 Å². The van der Waals surface area contributed by atoms with Gasteiger partial charge >= 0.3 is 0 Å². The Bertz CT molecular complexity index is 303. The van der Waals surface area contributed by atoms with Gasteiger partial charge in [-0.3, -0.25) is 0 Å². The molecule has 1 nitrogen and oxygen atoms in total. The topological polar surface area (TPSA) is 20.2 Å². The van der Waals surface area contributed by atoms with Crippen LogP contribution in [0.4, 0.5) is 4.39 Å². The fourth-order valence-electron chi connectivity index (χ4n) is 1.31. The van der Waals surface area contributed by atoms with Crippen LogP contribution in [0.2, 0.25) is 0 Å². The first-order valence-electron chi connectivity index (χ1n) is 5.34. The molecule has 0 aromatic heterocycles. The highest BCUT2D eigenvalue weighted by molar-refractivity contribution is 5.49. The number of benzene rings is 1. The van der Waals surface area contributed by atoms with Crippen LogP contribution in [-0.4, -0.2) is 11.2 Å². The first kappa shape index (κ1) is 11.9. The predicted molar refractivity (Wildman–Crippen MR) is 61.0 cm³/mol. The first-order chi connectivity index (χ1) is 7.22. The summed E-state index contributed by atoms with van der Waals surface area (Å²) in [7, 11) is 0. The van der Waals surface area contributed by atoms with Gasteiger partial charge in [0.05, 0.1) is 6.10 Å². The van der Waals surface area contributed by atoms with E-state index in [0.29, 0.717) is 0 Å². The summed E-state index contributed by atoms with van der Waals surface area (Å²) in [5, 5.41) is 9.54. The molecule has 0 heterocycles. The van der Waals surface area contributed by atoms with Gasteiger partial charge in [0.15, 0.2) is 0 Å². The highest BCUT2D eigenvalue weighted by Crippen LogP contribution is 2.07. The van der Waals surface area contributed by atoms with E-state index in [1.54, 1.807) is 18.2 Å². The first-order valence-corrected chi connectivity index (χ1v) is 5.34. The third kappa shape index (κ3) is 4.75. The summed E-state index contributed by atoms with van der Waals surface area (Å²) in [6, 6.07) is 6.22. The maximum absolute atomic E-state index is 12.6. The van der Waals surface area contributed by atoms with E-state index in [4.69, 9.17) is 0 Å². The molecule has 0 saturated carbocycles. The Morgan fingerprint density at radius 1 is 1.33 bits per heavy atom. The molecule has 0 amide bonds. The summed E-state index contributed by atoms with van der Waals surface area (Å²) in [5.41, 5.74) is 0.909. The number of aliphatic hydroxyl groups is 1. The third-order valence-corrected chi connectivity index (χ3v) is 2.23. The number of hydrogen-bond donors (Lipinski definition) is 1. The van der Waals surface area contributed by atoms with Gasteiger partial charge in [-0.2, -0.15) is 0 Å². The molecule has 0 aliphatic carbocycles. The maximum atomic E-state index is 12.6. The van der Waals surface area contributed by atoms with Crippen LogP contribution in [0.15, 0.2) is 30.3 Å². The summed E-state index contributed by atoms with van der Waals surface area (Å²) in [6.45, 7) is 2.09. The maximum Gasteiger partial charge on any atom is 0.123 e. The molecule has 1 aromatic carbocycles.